The van der Waals surface area contributed by atoms with Crippen molar-refractivity contribution in [3.63, 3.8) is 0 Å². The van der Waals surface area contributed by atoms with Gasteiger partial charge in [0.2, 0.25) is 0 Å². The zero-order chi connectivity index (χ0) is 18.0. The lowest BCUT2D eigenvalue weighted by atomic mass is 10.0. The van der Waals surface area contributed by atoms with Crippen LogP contribution in [0.1, 0.15) is 47.9 Å². The third-order valence-electron chi connectivity index (χ3n) is 4.76. The van der Waals surface area contributed by atoms with Gasteiger partial charge in [0.15, 0.2) is 6.61 Å². The first-order valence-corrected chi connectivity index (χ1v) is 8.67. The van der Waals surface area contributed by atoms with Crippen LogP contribution in [0.2, 0.25) is 0 Å². The molecular weight excluding hydrogens is 318 g/mol. The molecule has 1 aromatic heterocycles. The number of benzene rings is 1. The largest absolute Gasteiger partial charge is 0.452 e. The second-order valence-electron chi connectivity index (χ2n) is 6.61. The molecule has 0 saturated carbocycles. The number of nitrogens with zero attached hydrogens (tertiary/aromatic N) is 3. The average molecular weight is 341 g/mol. The highest BCUT2D eigenvalue weighted by Gasteiger charge is 2.24. The van der Waals surface area contributed by atoms with Gasteiger partial charge in [0, 0.05) is 12.6 Å². The number of piperidine rings is 1. The molecule has 1 atom stereocenters. The maximum atomic E-state index is 12.3. The lowest BCUT2D eigenvalue weighted by Gasteiger charge is -2.33. The molecule has 0 N–H and O–H groups in total. The molecular formula is C19H23N3O3. The number of esters is 1. The Labute approximate surface area is 147 Å². The summed E-state index contributed by atoms with van der Waals surface area (Å²) < 4.78 is 5.22. The Bertz CT molecular complexity index is 819. The molecule has 1 fully saturated rings. The van der Waals surface area contributed by atoms with Crippen LogP contribution in [0.4, 0.5) is 0 Å². The summed E-state index contributed by atoms with van der Waals surface area (Å²) in [5, 5.41) is 0. The third-order valence-corrected chi connectivity index (χ3v) is 4.76. The van der Waals surface area contributed by atoms with E-state index in [4.69, 9.17) is 4.74 Å². The number of hydrogen-bond donors (Lipinski definition) is 0. The Morgan fingerprint density at radius 2 is 1.88 bits per heavy atom. The van der Waals surface area contributed by atoms with Crippen molar-refractivity contribution < 1.29 is 14.3 Å². The molecule has 1 aliphatic heterocycles. The Hall–Kier alpha value is -2.50. The van der Waals surface area contributed by atoms with Crippen LogP contribution in [0.5, 0.6) is 0 Å². The topological polar surface area (TPSA) is 72.4 Å². The fourth-order valence-corrected chi connectivity index (χ4v) is 3.12. The van der Waals surface area contributed by atoms with Crippen molar-refractivity contribution in [2.75, 3.05) is 13.2 Å². The number of rotatable bonds is 3. The van der Waals surface area contributed by atoms with E-state index in [-0.39, 0.29) is 18.6 Å². The number of carbonyl (C=O) groups excluding carboxylic acids is 2. The molecule has 0 bridgehead atoms. The maximum Gasteiger partial charge on any atom is 0.338 e. The molecule has 132 valence electrons. The number of amides is 1. The molecule has 0 spiro atoms. The van der Waals surface area contributed by atoms with Crippen LogP contribution in [-0.2, 0) is 9.53 Å². The fraction of sp³-hybridized carbons (Fsp3) is 0.474. The molecule has 0 unspecified atom stereocenters. The van der Waals surface area contributed by atoms with E-state index in [9.17, 15) is 9.59 Å². The van der Waals surface area contributed by atoms with Crippen molar-refractivity contribution in [1.29, 1.82) is 0 Å². The number of likely N-dealkylation sites (tertiary alicyclic amines) is 1. The van der Waals surface area contributed by atoms with E-state index < -0.39 is 5.97 Å². The number of fused-ring (bicyclic) bond motifs is 1. The maximum absolute atomic E-state index is 12.3. The molecule has 0 aliphatic carbocycles. The second kappa shape index (κ2) is 7.17. The van der Waals surface area contributed by atoms with E-state index in [0.717, 1.165) is 42.7 Å². The van der Waals surface area contributed by atoms with E-state index in [1.165, 1.54) is 0 Å². The zero-order valence-electron chi connectivity index (χ0n) is 14.9. The van der Waals surface area contributed by atoms with Crippen molar-refractivity contribution in [2.24, 2.45) is 0 Å². The normalized spacial score (nSPS) is 17.6. The van der Waals surface area contributed by atoms with Gasteiger partial charge in [0.05, 0.1) is 28.0 Å². The second-order valence-corrected chi connectivity index (χ2v) is 6.61. The Morgan fingerprint density at radius 1 is 1.16 bits per heavy atom. The summed E-state index contributed by atoms with van der Waals surface area (Å²) in [6.07, 6.45) is 3.15. The SMILES string of the molecule is Cc1nc2ccc(C(=O)OCC(=O)N3CCCC[C@@H]3C)cc2nc1C. The van der Waals surface area contributed by atoms with Gasteiger partial charge in [0.1, 0.15) is 0 Å². The summed E-state index contributed by atoms with van der Waals surface area (Å²) in [5.74, 6) is -0.646. The molecule has 1 aliphatic rings. The zero-order valence-corrected chi connectivity index (χ0v) is 14.9. The van der Waals surface area contributed by atoms with Gasteiger partial charge in [0.25, 0.3) is 5.91 Å². The summed E-state index contributed by atoms with van der Waals surface area (Å²) in [4.78, 5) is 35.2. The van der Waals surface area contributed by atoms with Crippen molar-refractivity contribution >= 4 is 22.9 Å². The van der Waals surface area contributed by atoms with Gasteiger partial charge < -0.3 is 9.64 Å². The lowest BCUT2D eigenvalue weighted by Crippen LogP contribution is -2.44. The number of ether oxygens (including phenoxy) is 1. The summed E-state index contributed by atoms with van der Waals surface area (Å²) >= 11 is 0. The van der Waals surface area contributed by atoms with Gasteiger partial charge in [-0.1, -0.05) is 0 Å². The molecule has 6 nitrogen and oxygen atoms in total. The lowest BCUT2D eigenvalue weighted by molar-refractivity contribution is -0.137. The first-order chi connectivity index (χ1) is 12.0. The number of hydrogen-bond acceptors (Lipinski definition) is 5. The predicted molar refractivity (Wildman–Crippen MR) is 94.3 cm³/mol. The van der Waals surface area contributed by atoms with Gasteiger partial charge in [-0.3, -0.25) is 4.79 Å². The van der Waals surface area contributed by atoms with Crippen LogP contribution in [0, 0.1) is 13.8 Å². The first kappa shape index (κ1) is 17.3. The summed E-state index contributed by atoms with van der Waals surface area (Å²) in [5.41, 5.74) is 3.45. The van der Waals surface area contributed by atoms with Crippen LogP contribution >= 0.6 is 0 Å². The quantitative estimate of drug-likeness (QED) is 0.803. The van der Waals surface area contributed by atoms with E-state index in [1.807, 2.05) is 20.8 Å². The molecule has 1 saturated heterocycles. The minimum atomic E-state index is -0.514. The van der Waals surface area contributed by atoms with Gasteiger partial charge >= 0.3 is 5.97 Å². The molecule has 2 heterocycles. The van der Waals surface area contributed by atoms with Crippen molar-refractivity contribution in [1.82, 2.24) is 14.9 Å². The first-order valence-electron chi connectivity index (χ1n) is 8.67. The van der Waals surface area contributed by atoms with E-state index in [0.29, 0.717) is 11.1 Å². The molecule has 1 amide bonds. The van der Waals surface area contributed by atoms with E-state index in [1.54, 1.807) is 23.1 Å². The van der Waals surface area contributed by atoms with Crippen LogP contribution in [0.15, 0.2) is 18.2 Å². The van der Waals surface area contributed by atoms with Crippen LogP contribution < -0.4 is 0 Å². The molecule has 1 aromatic carbocycles. The van der Waals surface area contributed by atoms with Gasteiger partial charge in [-0.2, -0.15) is 0 Å². The van der Waals surface area contributed by atoms with E-state index in [2.05, 4.69) is 9.97 Å². The average Bonchev–Trinajstić information content (AvgIpc) is 2.60. The Morgan fingerprint density at radius 3 is 2.60 bits per heavy atom. The minimum absolute atomic E-state index is 0.132. The van der Waals surface area contributed by atoms with Crippen molar-refractivity contribution in [3.8, 4) is 0 Å². The number of carbonyl (C=O) groups is 2. The predicted octanol–water partition coefficient (Wildman–Crippen LogP) is 2.80. The van der Waals surface area contributed by atoms with Crippen LogP contribution in [0.3, 0.4) is 0 Å². The van der Waals surface area contributed by atoms with Crippen LogP contribution in [-0.4, -0.2) is 45.9 Å². The van der Waals surface area contributed by atoms with Crippen molar-refractivity contribution in [3.05, 3.63) is 35.2 Å². The molecule has 3 rings (SSSR count). The number of aryl methyl sites for hydroxylation is 2. The smallest absolute Gasteiger partial charge is 0.338 e. The summed E-state index contributed by atoms with van der Waals surface area (Å²) in [6.45, 7) is 6.33. The van der Waals surface area contributed by atoms with Gasteiger partial charge in [-0.25, -0.2) is 14.8 Å². The fourth-order valence-electron chi connectivity index (χ4n) is 3.12. The molecule has 25 heavy (non-hydrogen) atoms. The highest BCUT2D eigenvalue weighted by molar-refractivity contribution is 5.94. The van der Waals surface area contributed by atoms with Gasteiger partial charge in [-0.15, -0.1) is 0 Å². The highest BCUT2D eigenvalue weighted by atomic mass is 16.5. The number of aromatic nitrogens is 2. The Kier molecular flexibility index (Phi) is 4.97. The summed E-state index contributed by atoms with van der Waals surface area (Å²) in [6, 6.07) is 5.27. The van der Waals surface area contributed by atoms with Gasteiger partial charge in [-0.05, 0) is 58.2 Å². The summed E-state index contributed by atoms with van der Waals surface area (Å²) in [7, 11) is 0. The van der Waals surface area contributed by atoms with Crippen LogP contribution in [0.25, 0.3) is 11.0 Å². The molecule has 0 radical (unpaired) electrons. The third kappa shape index (κ3) is 3.78. The Balaban J connectivity index is 1.67. The standard InChI is InChI=1S/C19H23N3O3/c1-12-6-4-5-9-22(12)18(23)11-25-19(24)15-7-8-16-17(10-15)21-14(3)13(2)20-16/h7-8,10,12H,4-6,9,11H2,1-3H3/t12-/m0/s1. The highest BCUT2D eigenvalue weighted by Crippen LogP contribution is 2.17. The monoisotopic (exact) mass is 341 g/mol. The minimum Gasteiger partial charge on any atom is -0.452 e. The molecule has 6 heteroatoms. The molecule has 2 aromatic rings. The van der Waals surface area contributed by atoms with E-state index >= 15 is 0 Å². The van der Waals surface area contributed by atoms with Crippen molar-refractivity contribution in [2.45, 2.75) is 46.1 Å².